The van der Waals surface area contributed by atoms with E-state index in [4.69, 9.17) is 27.9 Å². The largest absolute Gasteiger partial charge is 0.423 e. The van der Waals surface area contributed by atoms with Gasteiger partial charge in [-0.3, -0.25) is 0 Å². The molecule has 3 aromatic rings. The quantitative estimate of drug-likeness (QED) is 0.272. The van der Waals surface area contributed by atoms with Gasteiger partial charge in [0, 0.05) is 16.5 Å². The van der Waals surface area contributed by atoms with Gasteiger partial charge in [0.2, 0.25) is 0 Å². The van der Waals surface area contributed by atoms with Crippen LogP contribution in [0.2, 0.25) is 10.0 Å². The van der Waals surface area contributed by atoms with Crippen LogP contribution in [0.15, 0.2) is 78.9 Å². The molecule has 0 unspecified atom stereocenters. The molecule has 30 heavy (non-hydrogen) atoms. The van der Waals surface area contributed by atoms with E-state index in [2.05, 4.69) is 17.5 Å². The topological polar surface area (TPSA) is 38.3 Å². The molecule has 0 saturated heterocycles. The summed E-state index contributed by atoms with van der Waals surface area (Å²) in [4.78, 5) is 12.3. The van der Waals surface area contributed by atoms with Gasteiger partial charge in [-0.1, -0.05) is 65.7 Å². The van der Waals surface area contributed by atoms with Gasteiger partial charge in [-0.2, -0.15) is 0 Å². The Kier molecular flexibility index (Phi) is 5.01. The van der Waals surface area contributed by atoms with E-state index >= 15 is 0 Å². The van der Waals surface area contributed by atoms with Gasteiger partial charge in [-0.15, -0.1) is 0 Å². The molecule has 1 heterocycles. The maximum atomic E-state index is 12.3. The number of nitrogens with one attached hydrogen (secondary N) is 1. The minimum Gasteiger partial charge on any atom is -0.423 e. The van der Waals surface area contributed by atoms with Crippen molar-refractivity contribution in [1.29, 1.82) is 0 Å². The number of benzene rings is 3. The van der Waals surface area contributed by atoms with E-state index in [1.54, 1.807) is 12.1 Å². The Balaban J connectivity index is 1.41. The highest BCUT2D eigenvalue weighted by molar-refractivity contribution is 6.36. The average molecular weight is 436 g/mol. The third kappa shape index (κ3) is 3.38. The zero-order valence-electron chi connectivity index (χ0n) is 16.0. The van der Waals surface area contributed by atoms with E-state index in [9.17, 15) is 4.79 Å². The predicted molar refractivity (Wildman–Crippen MR) is 121 cm³/mol. The Morgan fingerprint density at radius 2 is 1.67 bits per heavy atom. The third-order valence-corrected chi connectivity index (χ3v) is 6.52. The molecule has 0 aromatic heterocycles. The highest BCUT2D eigenvalue weighted by Crippen LogP contribution is 2.53. The Labute approximate surface area is 185 Å². The zero-order chi connectivity index (χ0) is 20.7. The Hall–Kier alpha value is -2.75. The molecular formula is C25H19Cl2NO2. The maximum Gasteiger partial charge on any atom is 0.343 e. The number of anilines is 1. The number of halogens is 2. The normalized spacial score (nSPS) is 21.5. The summed E-state index contributed by atoms with van der Waals surface area (Å²) in [6.45, 7) is 0. The summed E-state index contributed by atoms with van der Waals surface area (Å²) in [5.41, 5.74) is 3.63. The van der Waals surface area contributed by atoms with Crippen LogP contribution in [0, 0.1) is 5.92 Å². The van der Waals surface area contributed by atoms with Crippen LogP contribution in [0.25, 0.3) is 0 Å². The molecule has 1 N–H and O–H groups in total. The lowest BCUT2D eigenvalue weighted by Crippen LogP contribution is -2.29. The minimum atomic E-state index is -0.366. The summed E-state index contributed by atoms with van der Waals surface area (Å²) in [5, 5.41) is 5.03. The lowest BCUT2D eigenvalue weighted by molar-refractivity contribution is 0.0734. The number of hydrogen-bond acceptors (Lipinski definition) is 3. The van der Waals surface area contributed by atoms with Gasteiger partial charge in [0.25, 0.3) is 0 Å². The Morgan fingerprint density at radius 1 is 0.933 bits per heavy atom. The van der Waals surface area contributed by atoms with Crippen LogP contribution in [0.4, 0.5) is 5.69 Å². The van der Waals surface area contributed by atoms with E-state index in [0.29, 0.717) is 22.3 Å². The molecule has 150 valence electrons. The van der Waals surface area contributed by atoms with Crippen molar-refractivity contribution in [2.45, 2.75) is 18.4 Å². The molecule has 0 fully saturated rings. The highest BCUT2D eigenvalue weighted by atomic mass is 35.5. The SMILES string of the molecule is O=C(Oc1ccc([C@@H]2Nc3c(Cl)ccc(Cl)c3[C@@H]3C=CC[C@@H]32)cc1)c1ccccc1. The van der Waals surface area contributed by atoms with Crippen LogP contribution in [0.3, 0.4) is 0 Å². The molecule has 3 aromatic carbocycles. The molecular weight excluding hydrogens is 417 g/mol. The second kappa shape index (κ2) is 7.82. The van der Waals surface area contributed by atoms with Gasteiger partial charge in [0.15, 0.2) is 0 Å². The second-order valence-corrected chi connectivity index (χ2v) is 8.43. The lowest BCUT2D eigenvalue weighted by atomic mass is 9.77. The first-order valence-corrected chi connectivity index (χ1v) is 10.7. The molecule has 3 atom stereocenters. The number of allylic oxidation sites excluding steroid dienone is 2. The van der Waals surface area contributed by atoms with Gasteiger partial charge < -0.3 is 10.1 Å². The number of hydrogen-bond donors (Lipinski definition) is 1. The van der Waals surface area contributed by atoms with Crippen molar-refractivity contribution in [2.75, 3.05) is 5.32 Å². The molecule has 3 nitrogen and oxygen atoms in total. The van der Waals surface area contributed by atoms with E-state index in [1.165, 1.54) is 0 Å². The van der Waals surface area contributed by atoms with Gasteiger partial charge in [0.1, 0.15) is 5.75 Å². The fraction of sp³-hybridized carbons (Fsp3) is 0.160. The van der Waals surface area contributed by atoms with Crippen molar-refractivity contribution in [3.05, 3.63) is 106 Å². The molecule has 0 amide bonds. The zero-order valence-corrected chi connectivity index (χ0v) is 17.5. The van der Waals surface area contributed by atoms with Gasteiger partial charge >= 0.3 is 5.97 Å². The standard InChI is InChI=1S/C25H19Cl2NO2/c26-20-13-14-21(27)24-22(20)18-7-4-8-19(18)23(28-24)15-9-11-17(12-10-15)30-25(29)16-5-2-1-3-6-16/h1-7,9-14,18-19,23,28H,8H2/t18-,19+,23+/m1/s1. The van der Waals surface area contributed by atoms with Crippen molar-refractivity contribution >= 4 is 34.9 Å². The molecule has 2 aliphatic rings. The van der Waals surface area contributed by atoms with Crippen LogP contribution < -0.4 is 10.1 Å². The second-order valence-electron chi connectivity index (χ2n) is 7.62. The van der Waals surface area contributed by atoms with Crippen molar-refractivity contribution in [3.8, 4) is 5.75 Å². The van der Waals surface area contributed by atoms with E-state index < -0.39 is 0 Å². The van der Waals surface area contributed by atoms with Crippen molar-refractivity contribution < 1.29 is 9.53 Å². The van der Waals surface area contributed by atoms with Crippen LogP contribution >= 0.6 is 23.2 Å². The molecule has 1 aliphatic heterocycles. The molecule has 0 bridgehead atoms. The fourth-order valence-corrected chi connectivity index (χ4v) is 4.94. The highest BCUT2D eigenvalue weighted by Gasteiger charge is 2.39. The van der Waals surface area contributed by atoms with Crippen molar-refractivity contribution in [3.63, 3.8) is 0 Å². The van der Waals surface area contributed by atoms with Crippen molar-refractivity contribution in [2.24, 2.45) is 5.92 Å². The van der Waals surface area contributed by atoms with Gasteiger partial charge in [-0.25, -0.2) is 4.79 Å². The summed E-state index contributed by atoms with van der Waals surface area (Å²) < 4.78 is 5.51. The lowest BCUT2D eigenvalue weighted by Gasteiger charge is -2.38. The van der Waals surface area contributed by atoms with Crippen LogP contribution in [-0.4, -0.2) is 5.97 Å². The number of ether oxygens (including phenoxy) is 1. The fourth-order valence-electron chi connectivity index (χ4n) is 4.44. The maximum absolute atomic E-state index is 12.3. The number of esters is 1. The molecule has 0 radical (unpaired) electrons. The molecule has 0 spiro atoms. The van der Waals surface area contributed by atoms with Gasteiger partial charge in [0.05, 0.1) is 22.3 Å². The average Bonchev–Trinajstić information content (AvgIpc) is 3.26. The first-order valence-electron chi connectivity index (χ1n) is 9.90. The van der Waals surface area contributed by atoms with Crippen molar-refractivity contribution in [1.82, 2.24) is 0 Å². The first kappa shape index (κ1) is 19.2. The van der Waals surface area contributed by atoms with Crippen LogP contribution in [-0.2, 0) is 0 Å². The molecule has 0 saturated carbocycles. The molecule has 5 rings (SSSR count). The van der Waals surface area contributed by atoms with Crippen LogP contribution in [0.5, 0.6) is 5.75 Å². The summed E-state index contributed by atoms with van der Waals surface area (Å²) in [5.74, 6) is 0.736. The van der Waals surface area contributed by atoms with Crippen LogP contribution in [0.1, 0.15) is 39.9 Å². The third-order valence-electron chi connectivity index (χ3n) is 5.87. The minimum absolute atomic E-state index is 0.0901. The van der Waals surface area contributed by atoms with E-state index in [1.807, 2.05) is 54.6 Å². The van der Waals surface area contributed by atoms with E-state index in [0.717, 1.165) is 28.3 Å². The first-order chi connectivity index (χ1) is 14.6. The number of carbonyl (C=O) groups is 1. The summed E-state index contributed by atoms with van der Waals surface area (Å²) in [6.07, 6.45) is 5.41. The van der Waals surface area contributed by atoms with E-state index in [-0.39, 0.29) is 17.9 Å². The number of fused-ring (bicyclic) bond motifs is 3. The van der Waals surface area contributed by atoms with Gasteiger partial charge in [-0.05, 0) is 54.3 Å². The molecule has 1 aliphatic carbocycles. The number of carbonyl (C=O) groups excluding carboxylic acids is 1. The smallest absolute Gasteiger partial charge is 0.343 e. The monoisotopic (exact) mass is 435 g/mol. The Bertz CT molecular complexity index is 1130. The number of rotatable bonds is 3. The summed E-state index contributed by atoms with van der Waals surface area (Å²) >= 11 is 13.0. The summed E-state index contributed by atoms with van der Waals surface area (Å²) in [6, 6.07) is 20.4. The predicted octanol–water partition coefficient (Wildman–Crippen LogP) is 7.04. The summed E-state index contributed by atoms with van der Waals surface area (Å²) in [7, 11) is 0. The Morgan fingerprint density at radius 3 is 2.43 bits per heavy atom. The molecule has 5 heteroatoms.